The average molecular weight is 297 g/mol. The molecule has 2 fully saturated rings. The van der Waals surface area contributed by atoms with E-state index in [4.69, 9.17) is 0 Å². The molecule has 112 valence electrons. The van der Waals surface area contributed by atoms with E-state index in [0.717, 1.165) is 38.8 Å². The highest BCUT2D eigenvalue weighted by atomic mass is 32.2. The molecule has 1 spiro atoms. The van der Waals surface area contributed by atoms with Gasteiger partial charge in [0.1, 0.15) is 0 Å². The molecule has 0 saturated carbocycles. The molecular formula is C14H23N3O2S. The molecule has 1 unspecified atom stereocenters. The van der Waals surface area contributed by atoms with Crippen LogP contribution >= 0.6 is 0 Å². The summed E-state index contributed by atoms with van der Waals surface area (Å²) in [6.45, 7) is 3.33. The molecule has 2 saturated heterocycles. The highest BCUT2D eigenvalue weighted by molar-refractivity contribution is 7.89. The number of nitrogens with zero attached hydrogens (tertiary/aromatic N) is 2. The molecule has 0 aromatic carbocycles. The van der Waals surface area contributed by atoms with Crippen LogP contribution in [0.2, 0.25) is 0 Å². The van der Waals surface area contributed by atoms with Crippen molar-refractivity contribution in [2.45, 2.75) is 30.6 Å². The second-order valence-electron chi connectivity index (χ2n) is 6.24. The first kappa shape index (κ1) is 14.1. The minimum absolute atomic E-state index is 0.151. The standard InChI is InChI=1S/C14H23N3O2S/c1-16-9-4-13(10-16)20(18,19)17-8-3-6-14(12-17)5-2-7-15-11-14/h4,9-10,15H,2-3,5-8,11-12H2,1H3. The van der Waals surface area contributed by atoms with Gasteiger partial charge >= 0.3 is 0 Å². The van der Waals surface area contributed by atoms with Crippen molar-refractivity contribution in [2.24, 2.45) is 12.5 Å². The summed E-state index contributed by atoms with van der Waals surface area (Å²) in [6.07, 6.45) is 7.87. The number of nitrogens with one attached hydrogen (secondary N) is 1. The Bertz CT molecular complexity index is 567. The van der Waals surface area contributed by atoms with Crippen molar-refractivity contribution in [3.05, 3.63) is 18.5 Å². The summed E-state index contributed by atoms with van der Waals surface area (Å²) in [5.74, 6) is 0. The van der Waals surface area contributed by atoms with Crippen molar-refractivity contribution < 1.29 is 8.42 Å². The Kier molecular flexibility index (Phi) is 3.64. The Morgan fingerprint density at radius 1 is 1.30 bits per heavy atom. The predicted octanol–water partition coefficient (Wildman–Crippen LogP) is 1.18. The van der Waals surface area contributed by atoms with Crippen LogP contribution in [-0.2, 0) is 17.1 Å². The molecule has 2 aliphatic heterocycles. The average Bonchev–Trinajstić information content (AvgIpc) is 2.87. The lowest BCUT2D eigenvalue weighted by Gasteiger charge is -2.44. The van der Waals surface area contributed by atoms with Crippen LogP contribution < -0.4 is 5.32 Å². The first-order valence-electron chi connectivity index (χ1n) is 7.35. The maximum absolute atomic E-state index is 12.7. The van der Waals surface area contributed by atoms with E-state index in [1.807, 2.05) is 7.05 Å². The van der Waals surface area contributed by atoms with Gasteiger partial charge in [0, 0.05) is 39.1 Å². The van der Waals surface area contributed by atoms with Gasteiger partial charge in [-0.2, -0.15) is 4.31 Å². The molecule has 1 N–H and O–H groups in total. The number of aromatic nitrogens is 1. The van der Waals surface area contributed by atoms with Crippen molar-refractivity contribution >= 4 is 10.0 Å². The van der Waals surface area contributed by atoms with Crippen LogP contribution in [0.3, 0.4) is 0 Å². The monoisotopic (exact) mass is 297 g/mol. The van der Waals surface area contributed by atoms with Gasteiger partial charge in [-0.15, -0.1) is 0 Å². The Labute approximate surface area is 121 Å². The van der Waals surface area contributed by atoms with E-state index in [9.17, 15) is 8.42 Å². The van der Waals surface area contributed by atoms with Gasteiger partial charge in [-0.3, -0.25) is 0 Å². The van der Waals surface area contributed by atoms with E-state index >= 15 is 0 Å². The van der Waals surface area contributed by atoms with Gasteiger partial charge in [-0.1, -0.05) is 0 Å². The Balaban J connectivity index is 1.83. The maximum Gasteiger partial charge on any atom is 0.244 e. The van der Waals surface area contributed by atoms with E-state index in [-0.39, 0.29) is 5.41 Å². The summed E-state index contributed by atoms with van der Waals surface area (Å²) in [5.41, 5.74) is 0.151. The summed E-state index contributed by atoms with van der Waals surface area (Å²) in [5, 5.41) is 3.44. The van der Waals surface area contributed by atoms with Gasteiger partial charge in [-0.05, 0) is 43.7 Å². The van der Waals surface area contributed by atoms with E-state index in [1.54, 1.807) is 27.3 Å². The fourth-order valence-corrected chi connectivity index (χ4v) is 5.17. The molecular weight excluding hydrogens is 274 g/mol. The van der Waals surface area contributed by atoms with Crippen LogP contribution in [0.25, 0.3) is 0 Å². The third-order valence-corrected chi connectivity index (χ3v) is 6.46. The van der Waals surface area contributed by atoms with Crippen LogP contribution in [0, 0.1) is 5.41 Å². The molecule has 0 aliphatic carbocycles. The third-order valence-electron chi connectivity index (χ3n) is 4.63. The lowest BCUT2D eigenvalue weighted by molar-refractivity contribution is 0.110. The molecule has 0 bridgehead atoms. The van der Waals surface area contributed by atoms with Gasteiger partial charge in [-0.25, -0.2) is 8.42 Å². The Hall–Kier alpha value is -0.850. The molecule has 3 heterocycles. The highest BCUT2D eigenvalue weighted by Gasteiger charge is 2.40. The molecule has 2 aliphatic rings. The lowest BCUT2D eigenvalue weighted by Crippen LogP contribution is -2.52. The number of sulfonamides is 1. The summed E-state index contributed by atoms with van der Waals surface area (Å²) in [4.78, 5) is 0.417. The zero-order chi connectivity index (χ0) is 14.2. The van der Waals surface area contributed by atoms with Gasteiger partial charge < -0.3 is 9.88 Å². The van der Waals surface area contributed by atoms with Crippen molar-refractivity contribution in [1.82, 2.24) is 14.2 Å². The van der Waals surface area contributed by atoms with E-state index in [2.05, 4.69) is 5.32 Å². The van der Waals surface area contributed by atoms with Crippen molar-refractivity contribution in [3.63, 3.8) is 0 Å². The molecule has 1 atom stereocenters. The van der Waals surface area contributed by atoms with Crippen LogP contribution in [0.1, 0.15) is 25.7 Å². The summed E-state index contributed by atoms with van der Waals surface area (Å²) in [7, 11) is -1.48. The summed E-state index contributed by atoms with van der Waals surface area (Å²) in [6, 6.07) is 1.69. The fourth-order valence-electron chi connectivity index (χ4n) is 3.53. The molecule has 5 nitrogen and oxygen atoms in total. The fraction of sp³-hybridized carbons (Fsp3) is 0.714. The number of hydrogen-bond donors (Lipinski definition) is 1. The number of piperidine rings is 2. The molecule has 3 rings (SSSR count). The van der Waals surface area contributed by atoms with Crippen LogP contribution in [0.5, 0.6) is 0 Å². The zero-order valence-corrected chi connectivity index (χ0v) is 12.8. The minimum Gasteiger partial charge on any atom is -0.356 e. The first-order chi connectivity index (χ1) is 9.52. The molecule has 1 aromatic heterocycles. The highest BCUT2D eigenvalue weighted by Crippen LogP contribution is 2.37. The first-order valence-corrected chi connectivity index (χ1v) is 8.79. The van der Waals surface area contributed by atoms with Crippen molar-refractivity contribution in [2.75, 3.05) is 26.2 Å². The number of rotatable bonds is 2. The van der Waals surface area contributed by atoms with Gasteiger partial charge in [0.05, 0.1) is 4.90 Å². The molecule has 0 radical (unpaired) electrons. The second-order valence-corrected chi connectivity index (χ2v) is 8.17. The normalized spacial score (nSPS) is 28.9. The van der Waals surface area contributed by atoms with Crippen LogP contribution in [-0.4, -0.2) is 43.5 Å². The van der Waals surface area contributed by atoms with E-state index in [0.29, 0.717) is 18.0 Å². The largest absolute Gasteiger partial charge is 0.356 e. The lowest BCUT2D eigenvalue weighted by atomic mass is 9.75. The Morgan fingerprint density at radius 2 is 2.10 bits per heavy atom. The zero-order valence-electron chi connectivity index (χ0n) is 12.0. The van der Waals surface area contributed by atoms with Crippen LogP contribution in [0.4, 0.5) is 0 Å². The Morgan fingerprint density at radius 3 is 2.75 bits per heavy atom. The van der Waals surface area contributed by atoms with Crippen molar-refractivity contribution in [1.29, 1.82) is 0 Å². The molecule has 1 aromatic rings. The predicted molar refractivity (Wildman–Crippen MR) is 77.9 cm³/mol. The van der Waals surface area contributed by atoms with Gasteiger partial charge in [0.15, 0.2) is 0 Å². The molecule has 0 amide bonds. The second kappa shape index (κ2) is 5.16. The summed E-state index contributed by atoms with van der Waals surface area (Å²) < 4.78 is 28.9. The molecule has 6 heteroatoms. The minimum atomic E-state index is -3.33. The number of aryl methyl sites for hydroxylation is 1. The topological polar surface area (TPSA) is 54.3 Å². The smallest absolute Gasteiger partial charge is 0.244 e. The quantitative estimate of drug-likeness (QED) is 0.892. The number of hydrogen-bond acceptors (Lipinski definition) is 3. The van der Waals surface area contributed by atoms with Crippen LogP contribution in [0.15, 0.2) is 23.4 Å². The molecule has 20 heavy (non-hydrogen) atoms. The summed E-state index contributed by atoms with van der Waals surface area (Å²) >= 11 is 0. The third kappa shape index (κ3) is 2.52. The van der Waals surface area contributed by atoms with E-state index in [1.165, 1.54) is 0 Å². The maximum atomic E-state index is 12.7. The SMILES string of the molecule is Cn1ccc(S(=O)(=O)N2CCCC3(CCCNC3)C2)c1. The van der Waals surface area contributed by atoms with Gasteiger partial charge in [0.25, 0.3) is 0 Å². The van der Waals surface area contributed by atoms with Crippen molar-refractivity contribution in [3.8, 4) is 0 Å². The van der Waals surface area contributed by atoms with E-state index < -0.39 is 10.0 Å². The van der Waals surface area contributed by atoms with Gasteiger partial charge in [0.2, 0.25) is 10.0 Å².